The quantitative estimate of drug-likeness (QED) is 0.816. The predicted octanol–water partition coefficient (Wildman–Crippen LogP) is 2.68. The highest BCUT2D eigenvalue weighted by molar-refractivity contribution is 6.08. The zero-order valence-electron chi connectivity index (χ0n) is 13.7. The maximum atomic E-state index is 12.9. The van der Waals surface area contributed by atoms with E-state index < -0.39 is 5.41 Å². The summed E-state index contributed by atoms with van der Waals surface area (Å²) in [6.45, 7) is 6.15. The second-order valence-electron chi connectivity index (χ2n) is 6.54. The molecule has 0 unspecified atom stereocenters. The summed E-state index contributed by atoms with van der Waals surface area (Å²) in [5, 5.41) is 4.43. The molecule has 3 rings (SSSR count). The first kappa shape index (κ1) is 15.5. The minimum Gasteiger partial charge on any atom is -0.276 e. The monoisotopic (exact) mass is 311 g/mol. The summed E-state index contributed by atoms with van der Waals surface area (Å²) in [5.41, 5.74) is 0.838. The Morgan fingerprint density at radius 1 is 1.17 bits per heavy atom. The van der Waals surface area contributed by atoms with Gasteiger partial charge in [0, 0.05) is 18.7 Å². The van der Waals surface area contributed by atoms with Crippen LogP contribution in [0.2, 0.25) is 0 Å². The fourth-order valence-corrected chi connectivity index (χ4v) is 2.99. The van der Waals surface area contributed by atoms with Crippen LogP contribution in [0.25, 0.3) is 0 Å². The number of nitrogens with zero attached hydrogens (tertiary/aromatic N) is 3. The number of aromatic nitrogens is 2. The van der Waals surface area contributed by atoms with Crippen LogP contribution in [0, 0.1) is 0 Å². The molecule has 0 aliphatic carbocycles. The van der Waals surface area contributed by atoms with Crippen molar-refractivity contribution in [3.05, 3.63) is 53.9 Å². The van der Waals surface area contributed by atoms with Gasteiger partial charge in [0.05, 0.1) is 17.7 Å². The van der Waals surface area contributed by atoms with Crippen molar-refractivity contribution in [1.29, 1.82) is 0 Å². The third-order valence-corrected chi connectivity index (χ3v) is 4.45. The van der Waals surface area contributed by atoms with Crippen LogP contribution < -0.4 is 0 Å². The first-order valence-electron chi connectivity index (χ1n) is 7.86. The second kappa shape index (κ2) is 5.65. The van der Waals surface area contributed by atoms with Gasteiger partial charge in [-0.25, -0.2) is 0 Å². The fourth-order valence-electron chi connectivity index (χ4n) is 2.99. The molecule has 0 bridgehead atoms. The summed E-state index contributed by atoms with van der Waals surface area (Å²) >= 11 is 0. The Hall–Kier alpha value is -2.43. The summed E-state index contributed by atoms with van der Waals surface area (Å²) in [7, 11) is 0. The highest BCUT2D eigenvalue weighted by atomic mass is 16.2. The summed E-state index contributed by atoms with van der Waals surface area (Å²) in [6, 6.07) is 11.6. The standard InChI is InChI=1S/C18H21N3O2/c1-13(2)21-10-9-15(19-21)12-20-16(22)11-18(3,17(20)23)14-7-5-4-6-8-14/h4-10,13H,11-12H2,1-3H3/t18-/m1/s1. The summed E-state index contributed by atoms with van der Waals surface area (Å²) < 4.78 is 1.83. The SMILES string of the molecule is CC(C)n1ccc(CN2C(=O)C[C@](C)(c3ccccc3)C2=O)n1. The van der Waals surface area contributed by atoms with Crippen molar-refractivity contribution in [2.24, 2.45) is 0 Å². The molecule has 1 atom stereocenters. The lowest BCUT2D eigenvalue weighted by atomic mass is 9.81. The van der Waals surface area contributed by atoms with E-state index in [9.17, 15) is 9.59 Å². The molecule has 2 heterocycles. The lowest BCUT2D eigenvalue weighted by Crippen LogP contribution is -2.36. The molecule has 0 radical (unpaired) electrons. The predicted molar refractivity (Wildman–Crippen MR) is 86.6 cm³/mol. The Morgan fingerprint density at radius 3 is 2.48 bits per heavy atom. The Morgan fingerprint density at radius 2 is 1.87 bits per heavy atom. The highest BCUT2D eigenvalue weighted by Gasteiger charge is 2.49. The van der Waals surface area contributed by atoms with Crippen molar-refractivity contribution in [2.75, 3.05) is 0 Å². The van der Waals surface area contributed by atoms with E-state index in [1.807, 2.05) is 68.0 Å². The molecule has 0 N–H and O–H groups in total. The average molecular weight is 311 g/mol. The molecule has 1 fully saturated rings. The van der Waals surface area contributed by atoms with E-state index in [2.05, 4.69) is 5.10 Å². The molecule has 0 spiro atoms. The van der Waals surface area contributed by atoms with Crippen molar-refractivity contribution in [2.45, 2.75) is 45.2 Å². The molecule has 5 nitrogen and oxygen atoms in total. The Kier molecular flexibility index (Phi) is 3.80. The fraction of sp³-hybridized carbons (Fsp3) is 0.389. The van der Waals surface area contributed by atoms with Crippen LogP contribution in [-0.2, 0) is 21.5 Å². The van der Waals surface area contributed by atoms with Gasteiger partial charge in [0.15, 0.2) is 0 Å². The molecule has 5 heteroatoms. The summed E-state index contributed by atoms with van der Waals surface area (Å²) in [5.74, 6) is -0.284. The third-order valence-electron chi connectivity index (χ3n) is 4.45. The number of carbonyl (C=O) groups excluding carboxylic acids is 2. The third kappa shape index (κ3) is 2.67. The number of carbonyl (C=O) groups is 2. The molecule has 1 aliphatic rings. The summed E-state index contributed by atoms with van der Waals surface area (Å²) in [4.78, 5) is 26.6. The zero-order chi connectivity index (χ0) is 16.6. The van der Waals surface area contributed by atoms with Gasteiger partial charge in [-0.1, -0.05) is 30.3 Å². The number of likely N-dealkylation sites (tertiary alicyclic amines) is 1. The van der Waals surface area contributed by atoms with E-state index in [1.54, 1.807) is 0 Å². The molecule has 23 heavy (non-hydrogen) atoms. The molecule has 0 saturated carbocycles. The van der Waals surface area contributed by atoms with E-state index in [1.165, 1.54) is 4.90 Å². The number of amides is 2. The van der Waals surface area contributed by atoms with Crippen molar-refractivity contribution in [3.63, 3.8) is 0 Å². The molecular weight excluding hydrogens is 290 g/mol. The van der Waals surface area contributed by atoms with Gasteiger partial charge in [0.2, 0.25) is 11.8 Å². The van der Waals surface area contributed by atoms with Crippen LogP contribution >= 0.6 is 0 Å². The number of hydrogen-bond acceptors (Lipinski definition) is 3. The van der Waals surface area contributed by atoms with Crippen molar-refractivity contribution in [3.8, 4) is 0 Å². The van der Waals surface area contributed by atoms with Crippen LogP contribution in [0.3, 0.4) is 0 Å². The first-order chi connectivity index (χ1) is 10.9. The highest BCUT2D eigenvalue weighted by Crippen LogP contribution is 2.36. The van der Waals surface area contributed by atoms with Gasteiger partial charge in [-0.2, -0.15) is 5.10 Å². The maximum absolute atomic E-state index is 12.9. The van der Waals surface area contributed by atoms with E-state index in [4.69, 9.17) is 0 Å². The molecule has 1 aromatic carbocycles. The van der Waals surface area contributed by atoms with Gasteiger partial charge in [0.1, 0.15) is 0 Å². The molecular formula is C18H21N3O2. The Bertz CT molecular complexity index is 736. The normalized spacial score (nSPS) is 21.5. The molecule has 1 saturated heterocycles. The van der Waals surface area contributed by atoms with Crippen LogP contribution in [0.5, 0.6) is 0 Å². The molecule has 2 aromatic rings. The van der Waals surface area contributed by atoms with Crippen LogP contribution in [0.15, 0.2) is 42.6 Å². The molecule has 1 aliphatic heterocycles. The van der Waals surface area contributed by atoms with Crippen LogP contribution in [0.4, 0.5) is 0 Å². The van der Waals surface area contributed by atoms with Crippen molar-refractivity contribution >= 4 is 11.8 Å². The van der Waals surface area contributed by atoms with Crippen LogP contribution in [0.1, 0.15) is 44.5 Å². The van der Waals surface area contributed by atoms with E-state index in [0.29, 0.717) is 0 Å². The summed E-state index contributed by atoms with van der Waals surface area (Å²) in [6.07, 6.45) is 2.09. The smallest absolute Gasteiger partial charge is 0.240 e. The van der Waals surface area contributed by atoms with Gasteiger partial charge in [-0.3, -0.25) is 19.2 Å². The van der Waals surface area contributed by atoms with Crippen molar-refractivity contribution in [1.82, 2.24) is 14.7 Å². The van der Waals surface area contributed by atoms with Gasteiger partial charge < -0.3 is 0 Å². The Balaban J connectivity index is 1.84. The van der Waals surface area contributed by atoms with Gasteiger partial charge in [-0.15, -0.1) is 0 Å². The molecule has 1 aromatic heterocycles. The molecule has 120 valence electrons. The lowest BCUT2D eigenvalue weighted by Gasteiger charge is -2.22. The zero-order valence-corrected chi connectivity index (χ0v) is 13.7. The number of imide groups is 1. The van der Waals surface area contributed by atoms with E-state index in [-0.39, 0.29) is 30.8 Å². The molecule has 2 amide bonds. The van der Waals surface area contributed by atoms with Gasteiger partial charge >= 0.3 is 0 Å². The maximum Gasteiger partial charge on any atom is 0.240 e. The number of benzene rings is 1. The second-order valence-corrected chi connectivity index (χ2v) is 6.54. The average Bonchev–Trinajstić information content (AvgIpc) is 3.08. The van der Waals surface area contributed by atoms with Gasteiger partial charge in [0.25, 0.3) is 0 Å². The minimum atomic E-state index is -0.779. The number of rotatable bonds is 4. The van der Waals surface area contributed by atoms with Crippen LogP contribution in [-0.4, -0.2) is 26.5 Å². The van der Waals surface area contributed by atoms with Crippen molar-refractivity contribution < 1.29 is 9.59 Å². The number of hydrogen-bond donors (Lipinski definition) is 0. The van der Waals surface area contributed by atoms with Gasteiger partial charge in [-0.05, 0) is 32.4 Å². The minimum absolute atomic E-state index is 0.138. The lowest BCUT2D eigenvalue weighted by molar-refractivity contribution is -0.140. The largest absolute Gasteiger partial charge is 0.276 e. The topological polar surface area (TPSA) is 55.2 Å². The van der Waals surface area contributed by atoms with E-state index >= 15 is 0 Å². The first-order valence-corrected chi connectivity index (χ1v) is 7.86. The Labute approximate surface area is 135 Å². The van der Waals surface area contributed by atoms with E-state index in [0.717, 1.165) is 11.3 Å².